The fraction of sp³-hybridized carbons (Fsp3) is 0.611. The molecular weight excluding hydrogens is 262 g/mol. The molecule has 2 N–H and O–H groups in total. The molecule has 4 rings (SSSR count). The molecule has 112 valence electrons. The third-order valence-corrected chi connectivity index (χ3v) is 6.57. The minimum absolute atomic E-state index is 0.115. The quantitative estimate of drug-likeness (QED) is 0.557. The summed E-state index contributed by atoms with van der Waals surface area (Å²) in [5, 5.41) is 22.6. The van der Waals surface area contributed by atoms with Crippen LogP contribution in [0.15, 0.2) is 23.4 Å². The minimum atomic E-state index is 0.115. The Morgan fingerprint density at radius 1 is 1.19 bits per heavy atom. The van der Waals surface area contributed by atoms with Gasteiger partial charge in [0.25, 0.3) is 0 Å². The Hall–Kier alpha value is -1.51. The highest BCUT2D eigenvalue weighted by atomic mass is 16.4. The zero-order valence-corrected chi connectivity index (χ0v) is 12.5. The fourth-order valence-electron chi connectivity index (χ4n) is 5.52. The van der Waals surface area contributed by atoms with Crippen molar-refractivity contribution in [2.75, 3.05) is 0 Å². The lowest BCUT2D eigenvalue weighted by atomic mass is 9.55. The number of oxime groups is 1. The second-order valence-electron chi connectivity index (χ2n) is 7.34. The number of rotatable bonds is 0. The molecule has 0 amide bonds. The first-order valence-electron chi connectivity index (χ1n) is 8.16. The van der Waals surface area contributed by atoms with Crippen LogP contribution in [0.4, 0.5) is 0 Å². The Labute approximate surface area is 125 Å². The van der Waals surface area contributed by atoms with Crippen LogP contribution in [0.25, 0.3) is 0 Å². The van der Waals surface area contributed by atoms with Crippen LogP contribution in [0.1, 0.15) is 56.1 Å². The predicted octanol–water partition coefficient (Wildman–Crippen LogP) is 4.08. The lowest BCUT2D eigenvalue weighted by Crippen LogP contribution is -2.42. The summed E-state index contributed by atoms with van der Waals surface area (Å²) < 4.78 is 0. The van der Waals surface area contributed by atoms with Crippen molar-refractivity contribution in [3.05, 3.63) is 29.3 Å². The van der Waals surface area contributed by atoms with E-state index >= 15 is 0 Å². The van der Waals surface area contributed by atoms with Crippen LogP contribution in [-0.2, 0) is 6.42 Å². The zero-order valence-electron chi connectivity index (χ0n) is 12.5. The summed E-state index contributed by atoms with van der Waals surface area (Å²) >= 11 is 0. The van der Waals surface area contributed by atoms with Crippen molar-refractivity contribution in [3.63, 3.8) is 0 Å². The van der Waals surface area contributed by atoms with Crippen molar-refractivity contribution in [1.82, 2.24) is 0 Å². The minimum Gasteiger partial charge on any atom is -0.508 e. The average molecular weight is 285 g/mol. The summed E-state index contributed by atoms with van der Waals surface area (Å²) in [6.07, 6.45) is 6.71. The number of hydrogen-bond donors (Lipinski definition) is 2. The zero-order chi connectivity index (χ0) is 14.6. The van der Waals surface area contributed by atoms with Crippen molar-refractivity contribution in [3.8, 4) is 5.75 Å². The number of benzene rings is 1. The second-order valence-corrected chi connectivity index (χ2v) is 7.34. The molecule has 3 aliphatic rings. The Morgan fingerprint density at radius 2 is 2.05 bits per heavy atom. The van der Waals surface area contributed by atoms with E-state index in [0.717, 1.165) is 25.0 Å². The van der Waals surface area contributed by atoms with Crippen molar-refractivity contribution < 1.29 is 10.3 Å². The Bertz CT molecular complexity index is 609. The van der Waals surface area contributed by atoms with Gasteiger partial charge in [-0.2, -0.15) is 0 Å². The van der Waals surface area contributed by atoms with Crippen LogP contribution < -0.4 is 0 Å². The highest BCUT2D eigenvalue weighted by Gasteiger charge is 2.53. The maximum absolute atomic E-state index is 9.70. The van der Waals surface area contributed by atoms with Crippen LogP contribution in [0.2, 0.25) is 0 Å². The molecule has 1 aromatic carbocycles. The maximum Gasteiger partial charge on any atom is 0.115 e. The van der Waals surface area contributed by atoms with E-state index in [-0.39, 0.29) is 5.41 Å². The molecule has 1 aromatic rings. The molecule has 0 aliphatic heterocycles. The van der Waals surface area contributed by atoms with E-state index in [4.69, 9.17) is 0 Å². The third-order valence-electron chi connectivity index (χ3n) is 6.57. The number of nitrogens with zero attached hydrogens (tertiary/aromatic N) is 1. The lowest BCUT2D eigenvalue weighted by molar-refractivity contribution is 0.0938. The second kappa shape index (κ2) is 4.49. The Balaban J connectivity index is 1.72. The van der Waals surface area contributed by atoms with E-state index in [0.29, 0.717) is 23.5 Å². The molecule has 2 saturated carbocycles. The SMILES string of the molecule is C[C@]12CC[C@@H]3c4ccc(O)cc4CC[C@H]3[C@@H]1CC/C2=N\O. The smallest absolute Gasteiger partial charge is 0.115 e. The van der Waals surface area contributed by atoms with Crippen LogP contribution >= 0.6 is 0 Å². The summed E-state index contributed by atoms with van der Waals surface area (Å²) in [6.45, 7) is 2.31. The van der Waals surface area contributed by atoms with Crippen molar-refractivity contribution in [2.45, 2.75) is 51.4 Å². The van der Waals surface area contributed by atoms with Gasteiger partial charge in [0, 0.05) is 5.41 Å². The third kappa shape index (κ3) is 1.76. The lowest BCUT2D eigenvalue weighted by Gasteiger charge is -2.48. The molecular formula is C18H23NO2. The highest BCUT2D eigenvalue weighted by molar-refractivity contribution is 5.92. The molecule has 4 atom stereocenters. The standard InChI is InChI=1S/C18H23NO2/c1-18-9-8-14-13-5-3-12(20)10-11(13)2-4-15(14)16(18)6-7-17(18)19-21/h3,5,10,14-16,20-21H,2,4,6-9H2,1H3/b19-17+/t14-,15-,16+,18+/m1/s1. The number of phenolic OH excluding ortho intramolecular Hbond substituents is 1. The van der Waals surface area contributed by atoms with Crippen molar-refractivity contribution in [1.29, 1.82) is 0 Å². The molecule has 0 bridgehead atoms. The highest BCUT2D eigenvalue weighted by Crippen LogP contribution is 2.59. The van der Waals surface area contributed by atoms with Gasteiger partial charge in [0.1, 0.15) is 5.75 Å². The molecule has 0 radical (unpaired) electrons. The molecule has 3 aliphatic carbocycles. The monoisotopic (exact) mass is 285 g/mol. The van der Waals surface area contributed by atoms with Gasteiger partial charge in [0.05, 0.1) is 5.71 Å². The summed E-state index contributed by atoms with van der Waals surface area (Å²) in [6, 6.07) is 5.93. The number of aryl methyl sites for hydroxylation is 1. The molecule has 3 nitrogen and oxygen atoms in total. The van der Waals surface area contributed by atoms with Crippen molar-refractivity contribution >= 4 is 5.71 Å². The maximum atomic E-state index is 9.70. The number of fused-ring (bicyclic) bond motifs is 5. The van der Waals surface area contributed by atoms with Gasteiger partial charge in [-0.25, -0.2) is 0 Å². The number of hydrogen-bond acceptors (Lipinski definition) is 3. The van der Waals surface area contributed by atoms with Crippen LogP contribution in [0, 0.1) is 17.3 Å². The predicted molar refractivity (Wildman–Crippen MR) is 81.9 cm³/mol. The van der Waals surface area contributed by atoms with Crippen LogP contribution in [0.5, 0.6) is 5.75 Å². The number of phenols is 1. The summed E-state index contributed by atoms with van der Waals surface area (Å²) in [4.78, 5) is 0. The molecule has 0 unspecified atom stereocenters. The Kier molecular flexibility index (Phi) is 2.82. The largest absolute Gasteiger partial charge is 0.508 e. The topological polar surface area (TPSA) is 52.8 Å². The van der Waals surface area contributed by atoms with E-state index in [1.807, 2.05) is 12.1 Å². The molecule has 2 fully saturated rings. The van der Waals surface area contributed by atoms with Gasteiger partial charge in [-0.1, -0.05) is 18.1 Å². The van der Waals surface area contributed by atoms with E-state index in [1.54, 1.807) is 0 Å². The molecule has 0 saturated heterocycles. The van der Waals surface area contributed by atoms with Gasteiger partial charge in [-0.05, 0) is 79.5 Å². The van der Waals surface area contributed by atoms with Gasteiger partial charge in [-0.3, -0.25) is 0 Å². The first-order valence-corrected chi connectivity index (χ1v) is 8.16. The summed E-state index contributed by atoms with van der Waals surface area (Å²) in [5.41, 5.74) is 3.95. The van der Waals surface area contributed by atoms with Crippen LogP contribution in [0.3, 0.4) is 0 Å². The van der Waals surface area contributed by atoms with Crippen molar-refractivity contribution in [2.24, 2.45) is 22.4 Å². The van der Waals surface area contributed by atoms with E-state index in [1.165, 1.54) is 30.4 Å². The van der Waals surface area contributed by atoms with Gasteiger partial charge in [0.15, 0.2) is 0 Å². The first-order chi connectivity index (χ1) is 10.1. The van der Waals surface area contributed by atoms with Gasteiger partial charge in [-0.15, -0.1) is 0 Å². The van der Waals surface area contributed by atoms with Gasteiger partial charge >= 0.3 is 0 Å². The normalized spacial score (nSPS) is 39.7. The van der Waals surface area contributed by atoms with Crippen LogP contribution in [-0.4, -0.2) is 16.0 Å². The summed E-state index contributed by atoms with van der Waals surface area (Å²) in [7, 11) is 0. The van der Waals surface area contributed by atoms with Gasteiger partial charge < -0.3 is 10.3 Å². The average Bonchev–Trinajstić information content (AvgIpc) is 2.83. The van der Waals surface area contributed by atoms with Gasteiger partial charge in [0.2, 0.25) is 0 Å². The fourth-order valence-corrected chi connectivity index (χ4v) is 5.52. The van der Waals surface area contributed by atoms with E-state index in [9.17, 15) is 10.3 Å². The molecule has 0 spiro atoms. The van der Waals surface area contributed by atoms with E-state index < -0.39 is 0 Å². The summed E-state index contributed by atoms with van der Waals surface area (Å²) in [5.74, 6) is 2.39. The molecule has 21 heavy (non-hydrogen) atoms. The Morgan fingerprint density at radius 3 is 2.86 bits per heavy atom. The first kappa shape index (κ1) is 13.2. The van der Waals surface area contributed by atoms with E-state index in [2.05, 4.69) is 18.1 Å². The molecule has 0 aromatic heterocycles. The number of aromatic hydroxyl groups is 1. The molecule has 0 heterocycles. The molecule has 3 heteroatoms.